The molecule has 0 heterocycles. The largest absolute Gasteiger partial charge is 0.466 e. The molecule has 0 rings (SSSR count). The van der Waals surface area contributed by atoms with E-state index in [2.05, 4.69) is 31.3 Å². The van der Waals surface area contributed by atoms with Crippen molar-refractivity contribution in [3.05, 3.63) is 24.3 Å². The number of nitrogens with one attached hydrogen (secondary N) is 1. The lowest BCUT2D eigenvalue weighted by Crippen LogP contribution is -2.45. The Kier molecular flexibility index (Phi) is 71.4. The highest BCUT2D eigenvalue weighted by atomic mass is 16.5. The van der Waals surface area contributed by atoms with Crippen LogP contribution in [-0.4, -0.2) is 47.4 Å². The van der Waals surface area contributed by atoms with Gasteiger partial charge in [-0.1, -0.05) is 385 Å². The van der Waals surface area contributed by atoms with E-state index in [1.54, 1.807) is 6.08 Å². The van der Waals surface area contributed by atoms with Gasteiger partial charge in [-0.15, -0.1) is 0 Å². The van der Waals surface area contributed by atoms with E-state index in [0.717, 1.165) is 44.9 Å². The van der Waals surface area contributed by atoms with Crippen molar-refractivity contribution in [2.75, 3.05) is 13.2 Å². The third-order valence-corrected chi connectivity index (χ3v) is 18.0. The van der Waals surface area contributed by atoms with Crippen molar-refractivity contribution in [2.24, 2.45) is 0 Å². The summed E-state index contributed by atoms with van der Waals surface area (Å²) in [5.41, 5.74) is 0. The predicted octanol–water partition coefficient (Wildman–Crippen LogP) is 24.9. The summed E-state index contributed by atoms with van der Waals surface area (Å²) < 4.78 is 5.51. The molecule has 6 heteroatoms. The van der Waals surface area contributed by atoms with Crippen LogP contribution in [0.25, 0.3) is 0 Å². The van der Waals surface area contributed by atoms with Gasteiger partial charge in [0.2, 0.25) is 5.91 Å². The Morgan fingerprint density at radius 3 is 0.855 bits per heavy atom. The number of esters is 1. The Balaban J connectivity index is 3.38. The van der Waals surface area contributed by atoms with E-state index < -0.39 is 12.1 Å². The van der Waals surface area contributed by atoms with Gasteiger partial charge in [-0.05, 0) is 57.8 Å². The zero-order valence-electron chi connectivity index (χ0n) is 56.5. The number of aliphatic hydroxyl groups excluding tert-OH is 2. The minimum Gasteiger partial charge on any atom is -0.466 e. The van der Waals surface area contributed by atoms with Gasteiger partial charge in [-0.3, -0.25) is 9.59 Å². The fourth-order valence-electron chi connectivity index (χ4n) is 12.2. The number of hydrogen-bond donors (Lipinski definition) is 3. The molecule has 0 aromatic carbocycles. The van der Waals surface area contributed by atoms with Crippen LogP contribution < -0.4 is 5.32 Å². The number of carbonyl (C=O) groups is 2. The molecule has 0 aromatic heterocycles. The maximum Gasteiger partial charge on any atom is 0.305 e. The van der Waals surface area contributed by atoms with Gasteiger partial charge >= 0.3 is 5.97 Å². The highest BCUT2D eigenvalue weighted by Crippen LogP contribution is 2.20. The van der Waals surface area contributed by atoms with E-state index in [1.807, 2.05) is 6.08 Å². The summed E-state index contributed by atoms with van der Waals surface area (Å²) >= 11 is 0. The van der Waals surface area contributed by atoms with Crippen LogP contribution in [-0.2, 0) is 14.3 Å². The highest BCUT2D eigenvalue weighted by molar-refractivity contribution is 5.76. The van der Waals surface area contributed by atoms with Crippen molar-refractivity contribution in [1.82, 2.24) is 5.32 Å². The van der Waals surface area contributed by atoms with Gasteiger partial charge in [-0.2, -0.15) is 0 Å². The van der Waals surface area contributed by atoms with Crippen molar-refractivity contribution in [1.29, 1.82) is 0 Å². The maximum atomic E-state index is 12.5. The van der Waals surface area contributed by atoms with E-state index in [1.165, 1.54) is 360 Å². The quantitative estimate of drug-likeness (QED) is 0.0320. The van der Waals surface area contributed by atoms with Gasteiger partial charge in [0.1, 0.15) is 0 Å². The molecule has 0 aliphatic carbocycles. The fraction of sp³-hybridized carbons (Fsp3) is 0.922. The lowest BCUT2D eigenvalue weighted by atomic mass is 10.0. The number of amides is 1. The SMILES string of the molecule is CCCCCCCC/C=C\CCCCCCCCCC(=O)OCCCCCCCCCCCCCCCCCCCCCCCCCCCC(=O)NC(CO)C(O)/C=C/CCCCCCCCCCCCCCCCCCCCCCCC. The number of unbranched alkanes of at least 4 members (excludes halogenated alkanes) is 59. The number of rotatable bonds is 72. The molecule has 6 nitrogen and oxygen atoms in total. The summed E-state index contributed by atoms with van der Waals surface area (Å²) in [5.74, 6) is -0.0475. The van der Waals surface area contributed by atoms with Crippen LogP contribution in [0.1, 0.15) is 431 Å². The second-order valence-electron chi connectivity index (χ2n) is 26.3. The summed E-state index contributed by atoms with van der Waals surface area (Å²) in [7, 11) is 0. The summed E-state index contributed by atoms with van der Waals surface area (Å²) in [5, 5.41) is 23.3. The first-order valence-electron chi connectivity index (χ1n) is 38.1. The van der Waals surface area contributed by atoms with Gasteiger partial charge in [0, 0.05) is 12.8 Å². The first-order chi connectivity index (χ1) is 41.0. The van der Waals surface area contributed by atoms with Crippen molar-refractivity contribution < 1.29 is 24.5 Å². The van der Waals surface area contributed by atoms with Crippen LogP contribution in [0.4, 0.5) is 0 Å². The summed E-state index contributed by atoms with van der Waals surface area (Å²) in [6.07, 6.45) is 92.8. The normalized spacial score (nSPS) is 12.6. The highest BCUT2D eigenvalue weighted by Gasteiger charge is 2.18. The predicted molar refractivity (Wildman–Crippen MR) is 366 cm³/mol. The van der Waals surface area contributed by atoms with Crippen LogP contribution in [0.3, 0.4) is 0 Å². The van der Waals surface area contributed by atoms with Gasteiger partial charge in [0.15, 0.2) is 0 Å². The molecule has 2 atom stereocenters. The molecule has 1 amide bonds. The minimum atomic E-state index is -0.845. The van der Waals surface area contributed by atoms with Crippen molar-refractivity contribution in [3.63, 3.8) is 0 Å². The first-order valence-corrected chi connectivity index (χ1v) is 38.1. The molecular formula is C77H149NO5. The van der Waals surface area contributed by atoms with E-state index in [-0.39, 0.29) is 18.5 Å². The third kappa shape index (κ3) is 69.3. The molecule has 0 fully saturated rings. The Morgan fingerprint density at radius 1 is 0.325 bits per heavy atom. The minimum absolute atomic E-state index is 0.0137. The van der Waals surface area contributed by atoms with E-state index >= 15 is 0 Å². The third-order valence-electron chi connectivity index (χ3n) is 18.0. The topological polar surface area (TPSA) is 95.9 Å². The van der Waals surface area contributed by atoms with E-state index in [4.69, 9.17) is 4.74 Å². The molecule has 0 spiro atoms. The molecule has 0 aromatic rings. The monoisotopic (exact) mass is 1170 g/mol. The van der Waals surface area contributed by atoms with Crippen LogP contribution in [0, 0.1) is 0 Å². The lowest BCUT2D eigenvalue weighted by Gasteiger charge is -2.20. The standard InChI is InChI=1S/C77H149NO5/c1-3-5-7-9-11-13-15-17-19-21-22-23-24-28-31-34-38-41-45-49-53-57-61-65-69-75(80)74(73-79)78-76(81)70-66-62-58-54-50-46-42-39-35-32-29-26-25-27-30-33-36-40-44-48-52-56-60-64-68-72-83-77(82)71-67-63-59-55-51-47-43-37-20-18-16-14-12-10-8-6-4-2/h18,20,65,69,74-75,79-80H,3-17,19,21-64,66-68,70-73H2,1-2H3,(H,78,81)/b20-18-,69-65+. The van der Waals surface area contributed by atoms with Crippen LogP contribution in [0.15, 0.2) is 24.3 Å². The number of ether oxygens (including phenoxy) is 1. The van der Waals surface area contributed by atoms with Crippen molar-refractivity contribution >= 4 is 11.9 Å². The number of carbonyl (C=O) groups excluding carboxylic acids is 2. The molecule has 0 saturated carbocycles. The fourth-order valence-corrected chi connectivity index (χ4v) is 12.2. The Bertz CT molecular complexity index is 1300. The lowest BCUT2D eigenvalue weighted by molar-refractivity contribution is -0.143. The summed E-state index contributed by atoms with van der Waals surface area (Å²) in [6, 6.07) is -0.628. The molecule has 0 saturated heterocycles. The molecule has 2 unspecified atom stereocenters. The molecule has 3 N–H and O–H groups in total. The molecule has 492 valence electrons. The van der Waals surface area contributed by atoms with Crippen LogP contribution >= 0.6 is 0 Å². The summed E-state index contributed by atoms with van der Waals surface area (Å²) in [4.78, 5) is 24.7. The number of aliphatic hydroxyl groups is 2. The number of allylic oxidation sites excluding steroid dienone is 3. The molecule has 83 heavy (non-hydrogen) atoms. The van der Waals surface area contributed by atoms with Crippen molar-refractivity contribution in [2.45, 2.75) is 443 Å². The maximum absolute atomic E-state index is 12.5. The van der Waals surface area contributed by atoms with Gasteiger partial charge < -0.3 is 20.3 Å². The Labute approximate surface area is 520 Å². The average Bonchev–Trinajstić information content (AvgIpc) is 3.48. The van der Waals surface area contributed by atoms with Crippen molar-refractivity contribution in [3.8, 4) is 0 Å². The average molecular weight is 1170 g/mol. The van der Waals surface area contributed by atoms with E-state index in [0.29, 0.717) is 19.4 Å². The molecule has 0 bridgehead atoms. The van der Waals surface area contributed by atoms with Gasteiger partial charge in [0.25, 0.3) is 0 Å². The molecular weight excluding hydrogens is 1020 g/mol. The van der Waals surface area contributed by atoms with Gasteiger partial charge in [0.05, 0.1) is 25.4 Å². The van der Waals surface area contributed by atoms with Crippen LogP contribution in [0.2, 0.25) is 0 Å². The number of hydrogen-bond acceptors (Lipinski definition) is 5. The molecule has 0 aliphatic heterocycles. The van der Waals surface area contributed by atoms with E-state index in [9.17, 15) is 19.8 Å². The smallest absolute Gasteiger partial charge is 0.305 e. The Hall–Kier alpha value is -1.66. The summed E-state index contributed by atoms with van der Waals surface area (Å²) in [6.45, 7) is 4.95. The second kappa shape index (κ2) is 72.8. The Morgan fingerprint density at radius 2 is 0.566 bits per heavy atom. The zero-order chi connectivity index (χ0) is 59.9. The van der Waals surface area contributed by atoms with Crippen LogP contribution in [0.5, 0.6) is 0 Å². The van der Waals surface area contributed by atoms with Gasteiger partial charge in [-0.25, -0.2) is 0 Å². The zero-order valence-corrected chi connectivity index (χ0v) is 56.5. The molecule has 0 radical (unpaired) electrons. The first kappa shape index (κ1) is 81.3. The second-order valence-corrected chi connectivity index (χ2v) is 26.3. The molecule has 0 aliphatic rings.